The Morgan fingerprint density at radius 2 is 2.06 bits per heavy atom. The van der Waals surface area contributed by atoms with Gasteiger partial charge >= 0.3 is 0 Å². The first-order chi connectivity index (χ1) is 8.50. The third kappa shape index (κ3) is 1.86. The topological polar surface area (TPSA) is 46.2 Å². The van der Waals surface area contributed by atoms with E-state index in [2.05, 4.69) is 5.32 Å². The van der Waals surface area contributed by atoms with Gasteiger partial charge in [0.15, 0.2) is 9.84 Å². The molecule has 3 nitrogen and oxygen atoms in total. The number of nitrogens with one attached hydrogen (secondary N) is 1. The second-order valence-electron chi connectivity index (χ2n) is 5.24. The second kappa shape index (κ2) is 4.03. The van der Waals surface area contributed by atoms with Crippen molar-refractivity contribution in [1.29, 1.82) is 0 Å². The minimum Gasteiger partial charge on any atom is -0.307 e. The maximum Gasteiger partial charge on any atom is 0.184 e. The number of benzene rings is 1. The summed E-state index contributed by atoms with van der Waals surface area (Å²) in [5.74, 6) is -0.623. The Hall–Kier alpha value is -0.940. The van der Waals surface area contributed by atoms with Gasteiger partial charge < -0.3 is 5.32 Å². The van der Waals surface area contributed by atoms with E-state index in [1.54, 1.807) is 19.1 Å². The summed E-state index contributed by atoms with van der Waals surface area (Å²) in [5.41, 5.74) is 0.597. The number of sulfone groups is 1. The number of fused-ring (bicyclic) bond motifs is 1. The van der Waals surface area contributed by atoms with Crippen LogP contribution in [0.1, 0.15) is 37.8 Å². The largest absolute Gasteiger partial charge is 0.307 e. The molecule has 5 heteroatoms. The summed E-state index contributed by atoms with van der Waals surface area (Å²) < 4.78 is 38.3. The number of halogens is 1. The quantitative estimate of drug-likeness (QED) is 0.895. The zero-order valence-corrected chi connectivity index (χ0v) is 11.0. The van der Waals surface area contributed by atoms with Crippen molar-refractivity contribution in [2.75, 3.05) is 0 Å². The first-order valence-electron chi connectivity index (χ1n) is 6.28. The summed E-state index contributed by atoms with van der Waals surface area (Å²) >= 11 is 0. The van der Waals surface area contributed by atoms with Gasteiger partial charge in [-0.1, -0.05) is 12.1 Å². The fourth-order valence-electron chi connectivity index (χ4n) is 2.58. The van der Waals surface area contributed by atoms with E-state index in [0.717, 1.165) is 12.8 Å². The minimum atomic E-state index is -3.51. The Kier molecular flexibility index (Phi) is 2.71. The van der Waals surface area contributed by atoms with Crippen molar-refractivity contribution in [3.8, 4) is 0 Å². The van der Waals surface area contributed by atoms with Gasteiger partial charge in [-0.05, 0) is 37.8 Å². The molecule has 1 aromatic carbocycles. The van der Waals surface area contributed by atoms with Crippen LogP contribution in [0.3, 0.4) is 0 Å². The monoisotopic (exact) mass is 269 g/mol. The molecule has 0 radical (unpaired) electrons. The molecule has 0 bridgehead atoms. The Morgan fingerprint density at radius 3 is 2.72 bits per heavy atom. The summed E-state index contributed by atoms with van der Waals surface area (Å²) in [6.07, 6.45) is 2.78. The van der Waals surface area contributed by atoms with E-state index in [1.165, 1.54) is 6.07 Å². The minimum absolute atomic E-state index is 0.0401. The van der Waals surface area contributed by atoms with E-state index in [9.17, 15) is 12.8 Å². The predicted octanol–water partition coefficient (Wildman–Crippen LogP) is 2.18. The van der Waals surface area contributed by atoms with Crippen LogP contribution in [0.2, 0.25) is 0 Å². The summed E-state index contributed by atoms with van der Waals surface area (Å²) in [6, 6.07) is 4.96. The lowest BCUT2D eigenvalue weighted by Crippen LogP contribution is -2.36. The van der Waals surface area contributed by atoms with Crippen LogP contribution in [-0.4, -0.2) is 19.7 Å². The molecule has 98 valence electrons. The standard InChI is InChI=1S/C13H16FNO2S/c1-8-7-12(15-9-5-6-9)10-3-2-4-11(14)13(10)18(8,16)17/h2-4,8-9,12,15H,5-7H2,1H3. The van der Waals surface area contributed by atoms with Gasteiger partial charge in [-0.15, -0.1) is 0 Å². The van der Waals surface area contributed by atoms with E-state index in [4.69, 9.17) is 0 Å². The molecule has 2 aliphatic rings. The average molecular weight is 269 g/mol. The van der Waals surface area contributed by atoms with Gasteiger partial charge in [0, 0.05) is 12.1 Å². The van der Waals surface area contributed by atoms with Crippen LogP contribution in [0.15, 0.2) is 23.1 Å². The smallest absolute Gasteiger partial charge is 0.184 e. The van der Waals surface area contributed by atoms with Crippen LogP contribution in [0.4, 0.5) is 4.39 Å². The second-order valence-corrected chi connectivity index (χ2v) is 7.55. The fraction of sp³-hybridized carbons (Fsp3) is 0.538. The van der Waals surface area contributed by atoms with E-state index in [-0.39, 0.29) is 10.9 Å². The summed E-state index contributed by atoms with van der Waals surface area (Å²) in [7, 11) is -3.51. The van der Waals surface area contributed by atoms with Crippen LogP contribution >= 0.6 is 0 Å². The van der Waals surface area contributed by atoms with E-state index in [1.807, 2.05) is 0 Å². The van der Waals surface area contributed by atoms with Gasteiger partial charge in [0.05, 0.1) is 5.25 Å². The lowest BCUT2D eigenvalue weighted by Gasteiger charge is -2.30. The maximum absolute atomic E-state index is 13.9. The van der Waals surface area contributed by atoms with Gasteiger partial charge in [-0.3, -0.25) is 0 Å². The molecule has 0 amide bonds. The molecule has 1 N–H and O–H groups in total. The van der Waals surface area contributed by atoms with Crippen LogP contribution in [0, 0.1) is 5.82 Å². The van der Waals surface area contributed by atoms with Crippen LogP contribution in [0.25, 0.3) is 0 Å². The molecule has 1 heterocycles. The highest BCUT2D eigenvalue weighted by Crippen LogP contribution is 2.39. The molecule has 1 aliphatic carbocycles. The molecule has 3 rings (SSSR count). The Bertz CT molecular complexity index is 581. The van der Waals surface area contributed by atoms with Crippen molar-refractivity contribution in [2.45, 2.75) is 48.4 Å². The molecule has 1 saturated carbocycles. The summed E-state index contributed by atoms with van der Waals surface area (Å²) in [6.45, 7) is 1.66. The predicted molar refractivity (Wildman–Crippen MR) is 66.6 cm³/mol. The number of hydrogen-bond acceptors (Lipinski definition) is 3. The fourth-order valence-corrected chi connectivity index (χ4v) is 4.31. The first kappa shape index (κ1) is 12.1. The SMILES string of the molecule is CC1CC(NC2CC2)c2cccc(F)c2S1(=O)=O. The molecule has 1 aliphatic heterocycles. The lowest BCUT2D eigenvalue weighted by molar-refractivity contribution is 0.448. The Morgan fingerprint density at radius 1 is 1.33 bits per heavy atom. The molecule has 0 saturated heterocycles. The lowest BCUT2D eigenvalue weighted by atomic mass is 10.0. The van der Waals surface area contributed by atoms with Crippen molar-refractivity contribution in [1.82, 2.24) is 5.32 Å². The van der Waals surface area contributed by atoms with E-state index < -0.39 is 20.9 Å². The third-order valence-corrected chi connectivity index (χ3v) is 6.02. The Balaban J connectivity index is 2.11. The van der Waals surface area contributed by atoms with E-state index >= 15 is 0 Å². The molecule has 1 aromatic rings. The number of rotatable bonds is 2. The third-order valence-electron chi connectivity index (χ3n) is 3.77. The van der Waals surface area contributed by atoms with Gasteiger partial charge in [-0.2, -0.15) is 0 Å². The van der Waals surface area contributed by atoms with Crippen LogP contribution < -0.4 is 5.32 Å². The molecule has 2 atom stereocenters. The molecule has 1 fully saturated rings. The van der Waals surface area contributed by atoms with Gasteiger partial charge in [-0.25, -0.2) is 12.8 Å². The van der Waals surface area contributed by atoms with Gasteiger partial charge in [0.25, 0.3) is 0 Å². The maximum atomic E-state index is 13.9. The molecular formula is C13H16FNO2S. The van der Waals surface area contributed by atoms with Crippen molar-refractivity contribution in [3.05, 3.63) is 29.6 Å². The highest BCUT2D eigenvalue weighted by atomic mass is 32.2. The Labute approximate surface area is 106 Å². The van der Waals surface area contributed by atoms with Crippen molar-refractivity contribution >= 4 is 9.84 Å². The highest BCUT2D eigenvalue weighted by Gasteiger charge is 2.39. The molecule has 2 unspecified atom stereocenters. The normalized spacial score (nSPS) is 29.9. The molecular weight excluding hydrogens is 253 g/mol. The zero-order valence-electron chi connectivity index (χ0n) is 10.2. The summed E-state index contributed by atoms with van der Waals surface area (Å²) in [5, 5.41) is 2.88. The first-order valence-corrected chi connectivity index (χ1v) is 7.83. The van der Waals surface area contributed by atoms with Crippen molar-refractivity contribution < 1.29 is 12.8 Å². The average Bonchev–Trinajstić information content (AvgIpc) is 3.09. The number of hydrogen-bond donors (Lipinski definition) is 1. The van der Waals surface area contributed by atoms with Gasteiger partial charge in [0.1, 0.15) is 10.7 Å². The summed E-state index contributed by atoms with van der Waals surface area (Å²) in [4.78, 5) is -0.0955. The van der Waals surface area contributed by atoms with Crippen LogP contribution in [-0.2, 0) is 9.84 Å². The molecule has 0 aromatic heterocycles. The van der Waals surface area contributed by atoms with E-state index in [0.29, 0.717) is 18.0 Å². The van der Waals surface area contributed by atoms with Gasteiger partial charge in [0.2, 0.25) is 0 Å². The van der Waals surface area contributed by atoms with Crippen molar-refractivity contribution in [2.24, 2.45) is 0 Å². The van der Waals surface area contributed by atoms with Crippen molar-refractivity contribution in [3.63, 3.8) is 0 Å². The van der Waals surface area contributed by atoms with Crippen LogP contribution in [0.5, 0.6) is 0 Å². The molecule has 18 heavy (non-hydrogen) atoms. The zero-order chi connectivity index (χ0) is 12.9. The highest BCUT2D eigenvalue weighted by molar-refractivity contribution is 7.92. The molecule has 0 spiro atoms.